The molecule has 2 aromatic rings. The number of ether oxygens (including phenoxy) is 1. The number of pyridine rings is 2. The Labute approximate surface area is 113 Å². The number of aromatic nitrogens is 2. The molecule has 0 saturated heterocycles. The summed E-state index contributed by atoms with van der Waals surface area (Å²) in [4.78, 5) is 28.4. The van der Waals surface area contributed by atoms with Gasteiger partial charge in [0.25, 0.3) is 0 Å². The van der Waals surface area contributed by atoms with Crippen LogP contribution in [0.2, 0.25) is 0 Å². The van der Waals surface area contributed by atoms with Gasteiger partial charge in [-0.25, -0.2) is 9.78 Å². The largest absolute Gasteiger partial charge is 0.462 e. The van der Waals surface area contributed by atoms with Gasteiger partial charge in [-0.15, -0.1) is 11.8 Å². The minimum absolute atomic E-state index is 0.0957. The zero-order valence-electron chi connectivity index (χ0n) is 10.4. The van der Waals surface area contributed by atoms with Crippen LogP contribution in [0.1, 0.15) is 17.3 Å². The molecular formula is C13H12N2O3S. The highest BCUT2D eigenvalue weighted by atomic mass is 32.2. The number of thioether (sulfide) groups is 1. The highest BCUT2D eigenvalue weighted by Crippen LogP contribution is 2.28. The molecule has 0 amide bonds. The summed E-state index contributed by atoms with van der Waals surface area (Å²) >= 11 is 1.63. The first-order valence-electron chi connectivity index (χ1n) is 6.04. The Bertz CT molecular complexity index is 724. The Morgan fingerprint density at radius 2 is 2.42 bits per heavy atom. The van der Waals surface area contributed by atoms with E-state index in [1.165, 1.54) is 0 Å². The Hall–Kier alpha value is -1.82. The number of carbonyl (C=O) groups excluding carboxylic acids is 1. The van der Waals surface area contributed by atoms with E-state index in [2.05, 4.69) is 4.98 Å². The maximum atomic E-state index is 12.3. The first-order valence-corrected chi connectivity index (χ1v) is 7.03. The summed E-state index contributed by atoms with van der Waals surface area (Å²) in [6, 6.07) is 1.66. The van der Waals surface area contributed by atoms with Crippen molar-refractivity contribution in [3.8, 4) is 0 Å². The highest BCUT2D eigenvalue weighted by Gasteiger charge is 2.20. The van der Waals surface area contributed by atoms with Gasteiger partial charge in [0.1, 0.15) is 10.6 Å². The van der Waals surface area contributed by atoms with E-state index >= 15 is 0 Å². The summed E-state index contributed by atoms with van der Waals surface area (Å²) in [6.07, 6.45) is 3.20. The lowest BCUT2D eigenvalue weighted by molar-refractivity contribution is 0.0524. The third-order valence-corrected chi connectivity index (χ3v) is 3.98. The van der Waals surface area contributed by atoms with Crippen molar-refractivity contribution in [2.45, 2.75) is 18.5 Å². The fourth-order valence-corrected chi connectivity index (χ4v) is 3.18. The molecule has 0 bridgehead atoms. The number of rotatable bonds is 2. The van der Waals surface area contributed by atoms with E-state index in [0.717, 1.165) is 22.8 Å². The van der Waals surface area contributed by atoms with E-state index in [9.17, 15) is 9.59 Å². The van der Waals surface area contributed by atoms with E-state index in [1.807, 2.05) is 4.57 Å². The van der Waals surface area contributed by atoms with Crippen LogP contribution >= 0.6 is 11.8 Å². The highest BCUT2D eigenvalue weighted by molar-refractivity contribution is 7.99. The van der Waals surface area contributed by atoms with Gasteiger partial charge in [0.2, 0.25) is 5.43 Å². The predicted molar refractivity (Wildman–Crippen MR) is 72.7 cm³/mol. The van der Waals surface area contributed by atoms with Crippen molar-refractivity contribution in [1.29, 1.82) is 0 Å². The molecule has 0 fully saturated rings. The second-order valence-electron chi connectivity index (χ2n) is 4.15. The number of aryl methyl sites for hydroxylation is 1. The van der Waals surface area contributed by atoms with Crippen LogP contribution in [0.3, 0.4) is 0 Å². The summed E-state index contributed by atoms with van der Waals surface area (Å²) in [6.45, 7) is 2.74. The van der Waals surface area contributed by atoms with E-state index in [-0.39, 0.29) is 17.6 Å². The van der Waals surface area contributed by atoms with Crippen molar-refractivity contribution >= 4 is 28.6 Å². The van der Waals surface area contributed by atoms with Crippen molar-refractivity contribution in [2.24, 2.45) is 0 Å². The smallest absolute Gasteiger partial charge is 0.343 e. The lowest BCUT2D eigenvalue weighted by atomic mass is 10.1. The van der Waals surface area contributed by atoms with Gasteiger partial charge in [0.05, 0.1) is 17.5 Å². The molecular weight excluding hydrogens is 264 g/mol. The van der Waals surface area contributed by atoms with Crippen LogP contribution in [0, 0.1) is 0 Å². The third-order valence-electron chi connectivity index (χ3n) is 3.02. The van der Waals surface area contributed by atoms with E-state index in [0.29, 0.717) is 5.39 Å². The first kappa shape index (κ1) is 12.2. The van der Waals surface area contributed by atoms with Crippen LogP contribution < -0.4 is 5.43 Å². The van der Waals surface area contributed by atoms with Gasteiger partial charge in [-0.3, -0.25) is 4.79 Å². The van der Waals surface area contributed by atoms with Crippen molar-refractivity contribution in [2.75, 3.05) is 12.4 Å². The third kappa shape index (κ3) is 1.92. The number of hydrogen-bond donors (Lipinski definition) is 0. The maximum Gasteiger partial charge on any atom is 0.343 e. The van der Waals surface area contributed by atoms with Gasteiger partial charge in [0.15, 0.2) is 0 Å². The molecule has 0 aliphatic carbocycles. The molecule has 6 heteroatoms. The summed E-state index contributed by atoms with van der Waals surface area (Å²) in [5, 5.41) is 1.37. The minimum atomic E-state index is -0.560. The zero-order chi connectivity index (χ0) is 13.4. The average molecular weight is 276 g/mol. The molecule has 19 heavy (non-hydrogen) atoms. The summed E-state index contributed by atoms with van der Waals surface area (Å²) in [7, 11) is 0. The van der Waals surface area contributed by atoms with Gasteiger partial charge in [-0.05, 0) is 13.0 Å². The molecule has 0 radical (unpaired) electrons. The molecule has 1 aliphatic heterocycles. The normalized spacial score (nSPS) is 13.5. The van der Waals surface area contributed by atoms with Crippen molar-refractivity contribution < 1.29 is 9.53 Å². The number of esters is 1. The molecule has 98 valence electrons. The molecule has 0 atom stereocenters. The monoisotopic (exact) mass is 276 g/mol. The molecule has 3 heterocycles. The van der Waals surface area contributed by atoms with Crippen molar-refractivity contribution in [1.82, 2.24) is 9.55 Å². The first-order chi connectivity index (χ1) is 9.22. The van der Waals surface area contributed by atoms with Crippen LogP contribution in [-0.2, 0) is 11.3 Å². The van der Waals surface area contributed by atoms with Crippen LogP contribution in [0.25, 0.3) is 10.9 Å². The van der Waals surface area contributed by atoms with Gasteiger partial charge in [-0.1, -0.05) is 0 Å². The quantitative estimate of drug-likeness (QED) is 0.781. The molecule has 0 spiro atoms. The van der Waals surface area contributed by atoms with E-state index in [1.54, 1.807) is 37.1 Å². The Morgan fingerprint density at radius 3 is 3.21 bits per heavy atom. The van der Waals surface area contributed by atoms with Gasteiger partial charge in [0, 0.05) is 24.7 Å². The van der Waals surface area contributed by atoms with Gasteiger partial charge >= 0.3 is 5.97 Å². The number of carbonyl (C=O) groups is 1. The van der Waals surface area contributed by atoms with E-state index < -0.39 is 5.97 Å². The lowest BCUT2D eigenvalue weighted by Gasteiger charge is -2.19. The molecule has 3 rings (SSSR count). The minimum Gasteiger partial charge on any atom is -0.462 e. The topological polar surface area (TPSA) is 61.2 Å². The molecule has 1 aliphatic rings. The molecule has 0 N–H and O–H groups in total. The molecule has 5 nitrogen and oxygen atoms in total. The van der Waals surface area contributed by atoms with Crippen LogP contribution in [-0.4, -0.2) is 27.9 Å². The molecule has 0 aromatic carbocycles. The lowest BCUT2D eigenvalue weighted by Crippen LogP contribution is -2.23. The van der Waals surface area contributed by atoms with Crippen molar-refractivity contribution in [3.63, 3.8) is 0 Å². The summed E-state index contributed by atoms with van der Waals surface area (Å²) in [5.41, 5.74) is 0.631. The molecule has 2 aromatic heterocycles. The summed E-state index contributed by atoms with van der Waals surface area (Å²) in [5.74, 6) is 0.319. The van der Waals surface area contributed by atoms with Crippen LogP contribution in [0.5, 0.6) is 0 Å². The second-order valence-corrected chi connectivity index (χ2v) is 5.23. The Kier molecular flexibility index (Phi) is 3.02. The standard InChI is InChI=1S/C13H12N2O3S/c1-2-18-13(17)9-7-15-5-6-19-12-10(15)8(11(9)16)3-4-14-12/h3-4,7H,2,5-6H2,1H3. The van der Waals surface area contributed by atoms with Crippen LogP contribution in [0.4, 0.5) is 0 Å². The maximum absolute atomic E-state index is 12.3. The second kappa shape index (κ2) is 4.70. The Balaban J connectivity index is 2.31. The molecule has 0 saturated carbocycles. The van der Waals surface area contributed by atoms with Gasteiger partial charge < -0.3 is 9.30 Å². The fraction of sp³-hybridized carbons (Fsp3) is 0.308. The molecule has 0 unspecified atom stereocenters. The number of hydrogen-bond acceptors (Lipinski definition) is 5. The SMILES string of the molecule is CCOC(=O)c1cn2c3c(nccc3c1=O)SCC2. The average Bonchev–Trinajstić information content (AvgIpc) is 2.43. The van der Waals surface area contributed by atoms with E-state index in [4.69, 9.17) is 4.74 Å². The van der Waals surface area contributed by atoms with Crippen molar-refractivity contribution in [3.05, 3.63) is 34.2 Å². The number of nitrogens with zero attached hydrogens (tertiary/aromatic N) is 2. The Morgan fingerprint density at radius 1 is 1.58 bits per heavy atom. The predicted octanol–water partition coefficient (Wildman–Crippen LogP) is 1.68. The fourth-order valence-electron chi connectivity index (χ4n) is 2.20. The van der Waals surface area contributed by atoms with Gasteiger partial charge in [-0.2, -0.15) is 0 Å². The summed E-state index contributed by atoms with van der Waals surface area (Å²) < 4.78 is 6.85. The zero-order valence-corrected chi connectivity index (χ0v) is 11.2. The van der Waals surface area contributed by atoms with Crippen LogP contribution in [0.15, 0.2) is 28.3 Å².